The molecule has 1 aromatic rings. The maximum absolute atomic E-state index is 12.5. The molecule has 0 spiro atoms. The summed E-state index contributed by atoms with van der Waals surface area (Å²) in [5, 5.41) is 9.59. The van der Waals surface area contributed by atoms with Crippen molar-refractivity contribution in [2.75, 3.05) is 6.54 Å². The average molecular weight is 297 g/mol. The largest absolute Gasteiger partial charge is 0.480 e. The Labute approximate surface area is 122 Å². The first-order valence-electron chi connectivity index (χ1n) is 6.58. The number of aromatic nitrogens is 1. The van der Waals surface area contributed by atoms with E-state index in [4.69, 9.17) is 11.6 Å². The monoisotopic (exact) mass is 296 g/mol. The van der Waals surface area contributed by atoms with Gasteiger partial charge in [0.05, 0.1) is 0 Å². The zero-order valence-corrected chi connectivity index (χ0v) is 12.2. The molecule has 2 unspecified atom stereocenters. The number of halogens is 1. The molecule has 6 heteroatoms. The van der Waals surface area contributed by atoms with Gasteiger partial charge in [0.15, 0.2) is 0 Å². The molecule has 1 saturated heterocycles. The van der Waals surface area contributed by atoms with Gasteiger partial charge in [0.1, 0.15) is 11.2 Å². The minimum atomic E-state index is -0.956. The van der Waals surface area contributed by atoms with Crippen LogP contribution in [0.15, 0.2) is 12.1 Å². The van der Waals surface area contributed by atoms with Gasteiger partial charge in [-0.1, -0.05) is 18.5 Å². The van der Waals surface area contributed by atoms with Crippen molar-refractivity contribution in [2.24, 2.45) is 5.92 Å². The molecule has 1 amide bonds. The topological polar surface area (TPSA) is 70.5 Å². The highest BCUT2D eigenvalue weighted by Gasteiger charge is 2.37. The van der Waals surface area contributed by atoms with Crippen LogP contribution in [0.25, 0.3) is 0 Å². The molecule has 0 bridgehead atoms. The Bertz CT molecular complexity index is 527. The van der Waals surface area contributed by atoms with Crippen LogP contribution in [0.2, 0.25) is 5.15 Å². The van der Waals surface area contributed by atoms with Crippen LogP contribution >= 0.6 is 11.6 Å². The maximum atomic E-state index is 12.5. The lowest BCUT2D eigenvalue weighted by Gasteiger charge is -2.37. The van der Waals surface area contributed by atoms with Gasteiger partial charge in [0, 0.05) is 17.8 Å². The van der Waals surface area contributed by atoms with Gasteiger partial charge in [-0.05, 0) is 37.8 Å². The van der Waals surface area contributed by atoms with Gasteiger partial charge >= 0.3 is 5.97 Å². The summed E-state index contributed by atoms with van der Waals surface area (Å²) < 4.78 is 0. The van der Waals surface area contributed by atoms with Gasteiger partial charge in [-0.3, -0.25) is 4.79 Å². The molecule has 0 aliphatic carbocycles. The van der Waals surface area contributed by atoms with E-state index in [1.165, 1.54) is 11.0 Å². The van der Waals surface area contributed by atoms with E-state index in [2.05, 4.69) is 4.98 Å². The SMILES string of the molecule is Cc1cc(C(=O)N2CCCC(C)C2C(=O)O)cc(Cl)n1. The van der Waals surface area contributed by atoms with E-state index < -0.39 is 12.0 Å². The number of piperidine rings is 1. The number of nitrogens with zero attached hydrogens (tertiary/aromatic N) is 2. The molecule has 1 aliphatic rings. The molecule has 1 aromatic heterocycles. The summed E-state index contributed by atoms with van der Waals surface area (Å²) in [4.78, 5) is 29.4. The Morgan fingerprint density at radius 3 is 2.75 bits per heavy atom. The van der Waals surface area contributed by atoms with Crippen molar-refractivity contribution in [3.63, 3.8) is 0 Å². The molecule has 0 aromatic carbocycles. The van der Waals surface area contributed by atoms with Crippen molar-refractivity contribution in [1.82, 2.24) is 9.88 Å². The normalized spacial score (nSPS) is 22.6. The average Bonchev–Trinajstić information content (AvgIpc) is 2.35. The minimum absolute atomic E-state index is 0.0522. The summed E-state index contributed by atoms with van der Waals surface area (Å²) in [6.45, 7) is 4.07. The number of pyridine rings is 1. The van der Waals surface area contributed by atoms with E-state index in [9.17, 15) is 14.7 Å². The molecule has 108 valence electrons. The Morgan fingerprint density at radius 2 is 2.15 bits per heavy atom. The smallest absolute Gasteiger partial charge is 0.326 e. The summed E-state index contributed by atoms with van der Waals surface area (Å²) in [5.41, 5.74) is 1.03. The van der Waals surface area contributed by atoms with Crippen LogP contribution < -0.4 is 0 Å². The molecule has 0 radical (unpaired) electrons. The number of aryl methyl sites for hydroxylation is 1. The van der Waals surface area contributed by atoms with E-state index in [0.29, 0.717) is 17.8 Å². The highest BCUT2D eigenvalue weighted by molar-refractivity contribution is 6.29. The van der Waals surface area contributed by atoms with Crippen LogP contribution in [0.5, 0.6) is 0 Å². The Balaban J connectivity index is 2.32. The number of carboxylic acids is 1. The molecule has 2 atom stereocenters. The van der Waals surface area contributed by atoms with E-state index in [1.807, 2.05) is 6.92 Å². The van der Waals surface area contributed by atoms with Gasteiger partial charge in [-0.2, -0.15) is 0 Å². The molecule has 2 heterocycles. The van der Waals surface area contributed by atoms with Crippen LogP contribution in [-0.4, -0.2) is 39.5 Å². The van der Waals surface area contributed by atoms with Crippen LogP contribution in [-0.2, 0) is 4.79 Å². The zero-order valence-electron chi connectivity index (χ0n) is 11.5. The quantitative estimate of drug-likeness (QED) is 0.851. The maximum Gasteiger partial charge on any atom is 0.326 e. The Hall–Kier alpha value is -1.62. The Kier molecular flexibility index (Phi) is 4.28. The number of likely N-dealkylation sites (tertiary alicyclic amines) is 1. The first-order valence-corrected chi connectivity index (χ1v) is 6.96. The summed E-state index contributed by atoms with van der Waals surface area (Å²) in [6, 6.07) is 2.34. The van der Waals surface area contributed by atoms with Crippen LogP contribution in [0.1, 0.15) is 35.8 Å². The van der Waals surface area contributed by atoms with Crippen molar-refractivity contribution in [3.05, 3.63) is 28.5 Å². The number of amides is 1. The number of carbonyl (C=O) groups is 2. The third kappa shape index (κ3) is 2.93. The second kappa shape index (κ2) is 5.79. The molecule has 1 aliphatic heterocycles. The highest BCUT2D eigenvalue weighted by atomic mass is 35.5. The lowest BCUT2D eigenvalue weighted by atomic mass is 9.90. The second-order valence-corrected chi connectivity index (χ2v) is 5.61. The van der Waals surface area contributed by atoms with Gasteiger partial charge in [-0.25, -0.2) is 9.78 Å². The van der Waals surface area contributed by atoms with E-state index >= 15 is 0 Å². The summed E-state index contributed by atoms with van der Waals surface area (Å²) in [5.74, 6) is -1.30. The zero-order chi connectivity index (χ0) is 14.9. The van der Waals surface area contributed by atoms with Crippen LogP contribution in [0.4, 0.5) is 0 Å². The standard InChI is InChI=1S/C14H17ClN2O3/c1-8-4-3-5-17(12(8)14(19)20)13(18)10-6-9(2)16-11(15)7-10/h6-8,12H,3-5H2,1-2H3,(H,19,20). The van der Waals surface area contributed by atoms with Gasteiger partial charge in [-0.15, -0.1) is 0 Å². The highest BCUT2D eigenvalue weighted by Crippen LogP contribution is 2.25. The lowest BCUT2D eigenvalue weighted by molar-refractivity contribution is -0.145. The first kappa shape index (κ1) is 14.8. The fraction of sp³-hybridized carbons (Fsp3) is 0.500. The fourth-order valence-electron chi connectivity index (χ4n) is 2.71. The number of rotatable bonds is 2. The molecule has 1 fully saturated rings. The predicted octanol–water partition coefficient (Wildman–Crippen LogP) is 2.37. The second-order valence-electron chi connectivity index (χ2n) is 5.22. The number of carboxylic acid groups (broad SMARTS) is 1. The summed E-state index contributed by atoms with van der Waals surface area (Å²) in [7, 11) is 0. The van der Waals surface area contributed by atoms with Crippen molar-refractivity contribution in [2.45, 2.75) is 32.7 Å². The van der Waals surface area contributed by atoms with Crippen LogP contribution in [0.3, 0.4) is 0 Å². The molecular weight excluding hydrogens is 280 g/mol. The number of hydrogen-bond donors (Lipinski definition) is 1. The molecule has 5 nitrogen and oxygen atoms in total. The number of carbonyl (C=O) groups excluding carboxylic acids is 1. The number of hydrogen-bond acceptors (Lipinski definition) is 3. The molecule has 2 rings (SSSR count). The lowest BCUT2D eigenvalue weighted by Crippen LogP contribution is -2.51. The molecule has 0 saturated carbocycles. The third-order valence-corrected chi connectivity index (χ3v) is 3.81. The van der Waals surface area contributed by atoms with Crippen molar-refractivity contribution in [1.29, 1.82) is 0 Å². The van der Waals surface area contributed by atoms with E-state index in [0.717, 1.165) is 12.8 Å². The summed E-state index contributed by atoms with van der Waals surface area (Å²) >= 11 is 5.86. The van der Waals surface area contributed by atoms with Gasteiger partial charge < -0.3 is 10.0 Å². The Morgan fingerprint density at radius 1 is 1.45 bits per heavy atom. The molecule has 1 N–H and O–H groups in total. The fourth-order valence-corrected chi connectivity index (χ4v) is 2.96. The first-order chi connectivity index (χ1) is 9.40. The molecular formula is C14H17ClN2O3. The third-order valence-electron chi connectivity index (χ3n) is 3.62. The minimum Gasteiger partial charge on any atom is -0.480 e. The van der Waals surface area contributed by atoms with Crippen LogP contribution in [0, 0.1) is 12.8 Å². The van der Waals surface area contributed by atoms with Gasteiger partial charge in [0.2, 0.25) is 0 Å². The van der Waals surface area contributed by atoms with Crippen molar-refractivity contribution >= 4 is 23.5 Å². The van der Waals surface area contributed by atoms with Gasteiger partial charge in [0.25, 0.3) is 5.91 Å². The van der Waals surface area contributed by atoms with Crippen molar-refractivity contribution < 1.29 is 14.7 Å². The van der Waals surface area contributed by atoms with Crippen molar-refractivity contribution in [3.8, 4) is 0 Å². The predicted molar refractivity (Wildman–Crippen MR) is 74.8 cm³/mol. The number of aliphatic carboxylic acids is 1. The molecule has 20 heavy (non-hydrogen) atoms. The van der Waals surface area contributed by atoms with E-state index in [1.54, 1.807) is 13.0 Å². The van der Waals surface area contributed by atoms with E-state index in [-0.39, 0.29) is 17.0 Å². The summed E-state index contributed by atoms with van der Waals surface area (Å²) in [6.07, 6.45) is 1.63.